The third-order valence-corrected chi connectivity index (χ3v) is 3.00. The number of rotatable bonds is 3. The fraction of sp³-hybridized carbons (Fsp3) is 0.357. The van der Waals surface area contributed by atoms with E-state index in [4.69, 9.17) is 10.5 Å². The summed E-state index contributed by atoms with van der Waals surface area (Å²) in [5.74, 6) is 2.48. The van der Waals surface area contributed by atoms with E-state index in [0.29, 0.717) is 11.9 Å². The summed E-state index contributed by atoms with van der Waals surface area (Å²) >= 11 is 0. The van der Waals surface area contributed by atoms with E-state index in [0.717, 1.165) is 22.8 Å². The van der Waals surface area contributed by atoms with Crippen molar-refractivity contribution in [2.45, 2.75) is 26.8 Å². The molecule has 2 rings (SSSR count). The summed E-state index contributed by atoms with van der Waals surface area (Å²) in [5, 5.41) is 0. The highest BCUT2D eigenvalue weighted by Gasteiger charge is 2.15. The van der Waals surface area contributed by atoms with E-state index in [2.05, 4.69) is 18.8 Å². The lowest BCUT2D eigenvalue weighted by Crippen LogP contribution is -2.07. The van der Waals surface area contributed by atoms with Gasteiger partial charge in [-0.25, -0.2) is 4.98 Å². The third-order valence-electron chi connectivity index (χ3n) is 3.00. The van der Waals surface area contributed by atoms with Crippen LogP contribution in [0.25, 0.3) is 11.3 Å². The Bertz CT molecular complexity index is 541. The first-order valence-electron chi connectivity index (χ1n) is 6.03. The number of nitrogens with two attached hydrogens (primary N) is 1. The maximum atomic E-state index is 6.18. The number of anilines is 1. The van der Waals surface area contributed by atoms with Crippen molar-refractivity contribution >= 4 is 5.82 Å². The number of imidazole rings is 1. The topological polar surface area (TPSA) is 53.1 Å². The Kier molecular flexibility index (Phi) is 3.28. The van der Waals surface area contributed by atoms with Gasteiger partial charge in [-0.3, -0.25) is 0 Å². The molecule has 1 aromatic carbocycles. The van der Waals surface area contributed by atoms with Crippen molar-refractivity contribution in [3.8, 4) is 17.0 Å². The lowest BCUT2D eigenvalue weighted by atomic mass is 10.1. The largest absolute Gasteiger partial charge is 0.497 e. The molecular formula is C14H19N3O. The SMILES string of the molecule is COc1ccc(-c2nc(C)n(C(C)C)c2N)cc1. The average Bonchev–Trinajstić information content (AvgIpc) is 2.65. The van der Waals surface area contributed by atoms with Crippen LogP contribution in [-0.2, 0) is 0 Å². The summed E-state index contributed by atoms with van der Waals surface area (Å²) in [6.07, 6.45) is 0. The van der Waals surface area contributed by atoms with Crippen LogP contribution in [0, 0.1) is 6.92 Å². The van der Waals surface area contributed by atoms with Crippen molar-refractivity contribution in [2.24, 2.45) is 0 Å². The minimum Gasteiger partial charge on any atom is -0.497 e. The third kappa shape index (κ3) is 2.06. The van der Waals surface area contributed by atoms with Crippen molar-refractivity contribution in [3.05, 3.63) is 30.1 Å². The number of hydrogen-bond donors (Lipinski definition) is 1. The lowest BCUT2D eigenvalue weighted by molar-refractivity contribution is 0.415. The highest BCUT2D eigenvalue weighted by atomic mass is 16.5. The van der Waals surface area contributed by atoms with Crippen LogP contribution < -0.4 is 10.5 Å². The molecule has 0 aliphatic rings. The summed E-state index contributed by atoms with van der Waals surface area (Å²) in [5.41, 5.74) is 8.02. The van der Waals surface area contributed by atoms with Gasteiger partial charge in [0.2, 0.25) is 0 Å². The van der Waals surface area contributed by atoms with Gasteiger partial charge in [0.15, 0.2) is 0 Å². The number of nitrogens with zero attached hydrogens (tertiary/aromatic N) is 2. The van der Waals surface area contributed by atoms with Crippen LogP contribution in [0.1, 0.15) is 25.7 Å². The van der Waals surface area contributed by atoms with Crippen LogP contribution in [0.3, 0.4) is 0 Å². The van der Waals surface area contributed by atoms with Gasteiger partial charge in [-0.1, -0.05) is 0 Å². The molecule has 4 nitrogen and oxygen atoms in total. The van der Waals surface area contributed by atoms with Gasteiger partial charge < -0.3 is 15.0 Å². The van der Waals surface area contributed by atoms with Crippen LogP contribution in [0.15, 0.2) is 24.3 Å². The maximum absolute atomic E-state index is 6.18. The first kappa shape index (κ1) is 12.5. The van der Waals surface area contributed by atoms with Crippen molar-refractivity contribution in [3.63, 3.8) is 0 Å². The second-order valence-electron chi connectivity index (χ2n) is 4.59. The van der Waals surface area contributed by atoms with Crippen molar-refractivity contribution < 1.29 is 4.74 Å². The van der Waals surface area contributed by atoms with E-state index >= 15 is 0 Å². The molecule has 2 N–H and O–H groups in total. The van der Waals surface area contributed by atoms with Crippen LogP contribution in [0.5, 0.6) is 5.75 Å². The zero-order valence-corrected chi connectivity index (χ0v) is 11.3. The van der Waals surface area contributed by atoms with Gasteiger partial charge in [-0.15, -0.1) is 0 Å². The molecule has 0 radical (unpaired) electrons. The average molecular weight is 245 g/mol. The molecule has 1 heterocycles. The maximum Gasteiger partial charge on any atom is 0.131 e. The molecule has 0 spiro atoms. The Balaban J connectivity index is 2.47. The molecule has 0 saturated carbocycles. The number of benzene rings is 1. The number of hydrogen-bond acceptors (Lipinski definition) is 3. The second kappa shape index (κ2) is 4.72. The summed E-state index contributed by atoms with van der Waals surface area (Å²) in [4.78, 5) is 4.55. The van der Waals surface area contributed by atoms with Gasteiger partial charge in [0.05, 0.1) is 7.11 Å². The van der Waals surface area contributed by atoms with Gasteiger partial charge >= 0.3 is 0 Å². The molecule has 0 atom stereocenters. The molecule has 0 saturated heterocycles. The minimum absolute atomic E-state index is 0.310. The Labute approximate surface area is 107 Å². The monoisotopic (exact) mass is 245 g/mol. The van der Waals surface area contributed by atoms with Crippen LogP contribution in [-0.4, -0.2) is 16.7 Å². The number of aromatic nitrogens is 2. The van der Waals surface area contributed by atoms with E-state index in [1.807, 2.05) is 35.8 Å². The van der Waals surface area contributed by atoms with Crippen LogP contribution >= 0.6 is 0 Å². The van der Waals surface area contributed by atoms with E-state index in [1.54, 1.807) is 7.11 Å². The molecule has 0 unspecified atom stereocenters. The number of methoxy groups -OCH3 is 1. The first-order chi connectivity index (χ1) is 8.54. The number of ether oxygens (including phenoxy) is 1. The molecule has 96 valence electrons. The standard InChI is InChI=1S/C14H19N3O/c1-9(2)17-10(3)16-13(14(17)15)11-5-7-12(18-4)8-6-11/h5-9H,15H2,1-4H3. The lowest BCUT2D eigenvalue weighted by Gasteiger charge is -2.11. The van der Waals surface area contributed by atoms with Gasteiger partial charge in [0.1, 0.15) is 23.1 Å². The minimum atomic E-state index is 0.310. The molecule has 0 aliphatic heterocycles. The second-order valence-corrected chi connectivity index (χ2v) is 4.59. The first-order valence-corrected chi connectivity index (χ1v) is 6.03. The Morgan fingerprint density at radius 2 is 1.83 bits per heavy atom. The predicted molar refractivity (Wildman–Crippen MR) is 73.7 cm³/mol. The molecule has 18 heavy (non-hydrogen) atoms. The Morgan fingerprint density at radius 3 is 2.28 bits per heavy atom. The predicted octanol–water partition coefficient (Wildman–Crippen LogP) is 3.03. The van der Waals surface area contributed by atoms with Crippen LogP contribution in [0.4, 0.5) is 5.82 Å². The van der Waals surface area contributed by atoms with Gasteiger partial charge in [0.25, 0.3) is 0 Å². The van der Waals surface area contributed by atoms with Crippen molar-refractivity contribution in [1.29, 1.82) is 0 Å². The quantitative estimate of drug-likeness (QED) is 0.904. The summed E-state index contributed by atoms with van der Waals surface area (Å²) in [6.45, 7) is 6.18. The normalized spacial score (nSPS) is 10.9. The Hall–Kier alpha value is -1.97. The highest BCUT2D eigenvalue weighted by molar-refractivity contribution is 5.71. The molecule has 2 aromatic rings. The molecule has 4 heteroatoms. The molecular weight excluding hydrogens is 226 g/mol. The van der Waals surface area contributed by atoms with Gasteiger partial charge in [0, 0.05) is 11.6 Å². The fourth-order valence-corrected chi connectivity index (χ4v) is 2.17. The molecule has 0 fully saturated rings. The van der Waals surface area contributed by atoms with E-state index in [1.165, 1.54) is 0 Å². The van der Waals surface area contributed by atoms with E-state index < -0.39 is 0 Å². The highest BCUT2D eigenvalue weighted by Crippen LogP contribution is 2.29. The van der Waals surface area contributed by atoms with Gasteiger partial charge in [-0.05, 0) is 45.0 Å². The van der Waals surface area contributed by atoms with Crippen molar-refractivity contribution in [1.82, 2.24) is 9.55 Å². The van der Waals surface area contributed by atoms with E-state index in [-0.39, 0.29) is 0 Å². The molecule has 0 bridgehead atoms. The zero-order valence-electron chi connectivity index (χ0n) is 11.3. The van der Waals surface area contributed by atoms with Crippen molar-refractivity contribution in [2.75, 3.05) is 12.8 Å². The van der Waals surface area contributed by atoms with E-state index in [9.17, 15) is 0 Å². The fourth-order valence-electron chi connectivity index (χ4n) is 2.17. The Morgan fingerprint density at radius 1 is 1.22 bits per heavy atom. The smallest absolute Gasteiger partial charge is 0.131 e. The molecule has 1 aromatic heterocycles. The summed E-state index contributed by atoms with van der Waals surface area (Å²) < 4.78 is 7.19. The van der Waals surface area contributed by atoms with Gasteiger partial charge in [-0.2, -0.15) is 0 Å². The molecule has 0 amide bonds. The summed E-state index contributed by atoms with van der Waals surface area (Å²) in [6, 6.07) is 8.09. The van der Waals surface area contributed by atoms with Crippen LogP contribution in [0.2, 0.25) is 0 Å². The zero-order chi connectivity index (χ0) is 13.3. The number of aryl methyl sites for hydroxylation is 1. The summed E-state index contributed by atoms with van der Waals surface area (Å²) in [7, 11) is 1.65. The molecule has 0 aliphatic carbocycles. The number of nitrogen functional groups attached to an aromatic ring is 1.